The van der Waals surface area contributed by atoms with Gasteiger partial charge in [0, 0.05) is 28.4 Å². The number of aromatic nitrogens is 2. The number of benzene rings is 2. The van der Waals surface area contributed by atoms with Gasteiger partial charge in [-0.3, -0.25) is 4.79 Å². The van der Waals surface area contributed by atoms with Crippen LogP contribution in [0.1, 0.15) is 16.8 Å². The SMILES string of the molecule is COC(=O)c1ccc(NC(=O)CCSc2nnc(-c3cccc(Cl)c3)o2)cc1. The molecular formula is C19H16ClN3O4S. The minimum absolute atomic E-state index is 0.159. The average molecular weight is 418 g/mol. The lowest BCUT2D eigenvalue weighted by molar-refractivity contribution is -0.115. The maximum atomic E-state index is 12.0. The molecule has 7 nitrogen and oxygen atoms in total. The van der Waals surface area contributed by atoms with Gasteiger partial charge in [-0.05, 0) is 42.5 Å². The van der Waals surface area contributed by atoms with Crippen molar-refractivity contribution in [3.05, 3.63) is 59.1 Å². The first kappa shape index (κ1) is 19.9. The molecule has 3 rings (SSSR count). The summed E-state index contributed by atoms with van der Waals surface area (Å²) in [6.45, 7) is 0. The number of amides is 1. The Bertz CT molecular complexity index is 975. The molecule has 1 heterocycles. The second-order valence-electron chi connectivity index (χ2n) is 5.60. The van der Waals surface area contributed by atoms with Gasteiger partial charge in [0.15, 0.2) is 0 Å². The van der Waals surface area contributed by atoms with E-state index >= 15 is 0 Å². The van der Waals surface area contributed by atoms with E-state index in [0.29, 0.717) is 33.1 Å². The molecule has 0 atom stereocenters. The Hall–Kier alpha value is -2.84. The zero-order chi connectivity index (χ0) is 19.9. The van der Waals surface area contributed by atoms with Crippen molar-refractivity contribution in [2.75, 3.05) is 18.2 Å². The van der Waals surface area contributed by atoms with Crippen LogP contribution in [0.5, 0.6) is 0 Å². The molecule has 0 radical (unpaired) electrons. The summed E-state index contributed by atoms with van der Waals surface area (Å²) in [7, 11) is 1.32. The predicted octanol–water partition coefficient (Wildman–Crippen LogP) is 4.30. The van der Waals surface area contributed by atoms with E-state index in [9.17, 15) is 9.59 Å². The number of thioether (sulfide) groups is 1. The smallest absolute Gasteiger partial charge is 0.337 e. The lowest BCUT2D eigenvalue weighted by Gasteiger charge is -2.05. The first-order valence-corrected chi connectivity index (χ1v) is 9.62. The lowest BCUT2D eigenvalue weighted by atomic mass is 10.2. The number of anilines is 1. The van der Waals surface area contributed by atoms with Gasteiger partial charge in [0.25, 0.3) is 5.22 Å². The van der Waals surface area contributed by atoms with Crippen LogP contribution in [-0.2, 0) is 9.53 Å². The molecule has 0 fully saturated rings. The first-order valence-electron chi connectivity index (χ1n) is 8.25. The number of esters is 1. The molecule has 28 heavy (non-hydrogen) atoms. The van der Waals surface area contributed by atoms with E-state index in [1.807, 2.05) is 6.07 Å². The van der Waals surface area contributed by atoms with Gasteiger partial charge in [0.1, 0.15) is 0 Å². The Labute approximate surface area is 170 Å². The fourth-order valence-corrected chi connectivity index (χ4v) is 3.16. The number of ether oxygens (including phenoxy) is 1. The number of hydrogen-bond donors (Lipinski definition) is 1. The maximum Gasteiger partial charge on any atom is 0.337 e. The summed E-state index contributed by atoms with van der Waals surface area (Å²) < 4.78 is 10.2. The monoisotopic (exact) mass is 417 g/mol. The molecule has 144 valence electrons. The Kier molecular flexibility index (Phi) is 6.67. The molecule has 0 spiro atoms. The number of rotatable bonds is 7. The zero-order valence-corrected chi connectivity index (χ0v) is 16.4. The highest BCUT2D eigenvalue weighted by molar-refractivity contribution is 7.99. The van der Waals surface area contributed by atoms with Crippen molar-refractivity contribution in [1.29, 1.82) is 0 Å². The minimum Gasteiger partial charge on any atom is -0.465 e. The van der Waals surface area contributed by atoms with Gasteiger partial charge in [-0.15, -0.1) is 10.2 Å². The number of hydrogen-bond acceptors (Lipinski definition) is 7. The number of nitrogens with one attached hydrogen (secondary N) is 1. The van der Waals surface area contributed by atoms with Crippen molar-refractivity contribution < 1.29 is 18.7 Å². The number of carbonyl (C=O) groups excluding carboxylic acids is 2. The Balaban J connectivity index is 1.47. The highest BCUT2D eigenvalue weighted by Gasteiger charge is 2.11. The number of carbonyl (C=O) groups is 2. The topological polar surface area (TPSA) is 94.3 Å². The number of nitrogens with zero attached hydrogens (tertiary/aromatic N) is 2. The molecule has 0 unspecified atom stereocenters. The van der Waals surface area contributed by atoms with E-state index in [2.05, 4.69) is 20.3 Å². The van der Waals surface area contributed by atoms with Crippen molar-refractivity contribution in [2.45, 2.75) is 11.6 Å². The third-order valence-corrected chi connectivity index (χ3v) is 4.68. The van der Waals surface area contributed by atoms with Gasteiger partial charge in [0.05, 0.1) is 12.7 Å². The second kappa shape index (κ2) is 9.38. The molecule has 0 aliphatic heterocycles. The van der Waals surface area contributed by atoms with Crippen LogP contribution in [0.2, 0.25) is 5.02 Å². The summed E-state index contributed by atoms with van der Waals surface area (Å²) in [6, 6.07) is 13.6. The summed E-state index contributed by atoms with van der Waals surface area (Å²) in [6.07, 6.45) is 0.262. The van der Waals surface area contributed by atoms with Crippen LogP contribution in [-0.4, -0.2) is 34.9 Å². The quantitative estimate of drug-likeness (QED) is 0.452. The largest absolute Gasteiger partial charge is 0.465 e. The van der Waals surface area contributed by atoms with Crippen LogP contribution >= 0.6 is 23.4 Å². The summed E-state index contributed by atoms with van der Waals surface area (Å²) in [5.41, 5.74) is 1.76. The number of methoxy groups -OCH3 is 1. The van der Waals surface area contributed by atoms with Gasteiger partial charge < -0.3 is 14.5 Å². The molecule has 1 aromatic heterocycles. The van der Waals surface area contributed by atoms with Gasteiger partial charge in [-0.1, -0.05) is 29.4 Å². The van der Waals surface area contributed by atoms with E-state index in [0.717, 1.165) is 5.56 Å². The molecule has 1 amide bonds. The van der Waals surface area contributed by atoms with E-state index in [1.165, 1.54) is 18.9 Å². The summed E-state index contributed by atoms with van der Waals surface area (Å²) >= 11 is 7.25. The molecule has 3 aromatic rings. The minimum atomic E-state index is -0.425. The van der Waals surface area contributed by atoms with Crippen LogP contribution in [0, 0.1) is 0 Å². The van der Waals surface area contributed by atoms with Crippen LogP contribution in [0.25, 0.3) is 11.5 Å². The van der Waals surface area contributed by atoms with Crippen molar-refractivity contribution in [3.8, 4) is 11.5 Å². The Morgan fingerprint density at radius 3 is 2.68 bits per heavy atom. The highest BCUT2D eigenvalue weighted by Crippen LogP contribution is 2.25. The fourth-order valence-electron chi connectivity index (χ4n) is 2.27. The molecule has 2 aromatic carbocycles. The summed E-state index contributed by atoms with van der Waals surface area (Å²) in [4.78, 5) is 23.4. The molecule has 0 saturated heterocycles. The van der Waals surface area contributed by atoms with Gasteiger partial charge >= 0.3 is 5.97 Å². The normalized spacial score (nSPS) is 10.5. The van der Waals surface area contributed by atoms with Crippen molar-refractivity contribution in [2.24, 2.45) is 0 Å². The second-order valence-corrected chi connectivity index (χ2v) is 7.08. The van der Waals surface area contributed by atoms with Crippen LogP contribution in [0.3, 0.4) is 0 Å². The van der Waals surface area contributed by atoms with Crippen LogP contribution in [0.4, 0.5) is 5.69 Å². The fraction of sp³-hybridized carbons (Fsp3) is 0.158. The zero-order valence-electron chi connectivity index (χ0n) is 14.8. The van der Waals surface area contributed by atoms with Crippen LogP contribution < -0.4 is 5.32 Å². The van der Waals surface area contributed by atoms with Gasteiger partial charge in [-0.25, -0.2) is 4.79 Å². The lowest BCUT2D eigenvalue weighted by Crippen LogP contribution is -2.12. The van der Waals surface area contributed by atoms with Gasteiger partial charge in [-0.2, -0.15) is 0 Å². The first-order chi connectivity index (χ1) is 13.5. The van der Waals surface area contributed by atoms with E-state index in [4.69, 9.17) is 16.0 Å². The molecule has 0 aliphatic carbocycles. The van der Waals surface area contributed by atoms with E-state index < -0.39 is 5.97 Å². The van der Waals surface area contributed by atoms with Gasteiger partial charge in [0.2, 0.25) is 11.8 Å². The molecule has 0 saturated carbocycles. The molecule has 0 bridgehead atoms. The Morgan fingerprint density at radius 1 is 1.18 bits per heavy atom. The molecule has 0 aliphatic rings. The third-order valence-electron chi connectivity index (χ3n) is 3.62. The van der Waals surface area contributed by atoms with E-state index in [1.54, 1.807) is 42.5 Å². The van der Waals surface area contributed by atoms with E-state index in [-0.39, 0.29) is 12.3 Å². The van der Waals surface area contributed by atoms with Crippen molar-refractivity contribution >= 4 is 40.9 Å². The summed E-state index contributed by atoms with van der Waals surface area (Å²) in [5, 5.41) is 11.7. The average Bonchev–Trinajstić information content (AvgIpc) is 3.17. The maximum absolute atomic E-state index is 12.0. The standard InChI is InChI=1S/C19H16ClN3O4S/c1-26-18(25)12-5-7-15(8-6-12)21-16(24)9-10-28-19-23-22-17(27-19)13-3-2-4-14(20)11-13/h2-8,11H,9-10H2,1H3,(H,21,24). The molecule has 9 heteroatoms. The molecule has 1 N–H and O–H groups in total. The van der Waals surface area contributed by atoms with Crippen molar-refractivity contribution in [1.82, 2.24) is 10.2 Å². The van der Waals surface area contributed by atoms with Crippen LogP contribution in [0.15, 0.2) is 58.2 Å². The van der Waals surface area contributed by atoms with Crippen molar-refractivity contribution in [3.63, 3.8) is 0 Å². The summed E-state index contributed by atoms with van der Waals surface area (Å²) in [5.74, 6) is 0.266. The Morgan fingerprint density at radius 2 is 1.96 bits per heavy atom. The predicted molar refractivity (Wildman–Crippen MR) is 106 cm³/mol. The highest BCUT2D eigenvalue weighted by atomic mass is 35.5. The molecular weight excluding hydrogens is 402 g/mol. The number of halogens is 1. The third kappa shape index (κ3) is 5.34.